The van der Waals surface area contributed by atoms with Crippen LogP contribution in [0.4, 0.5) is 13.2 Å². The van der Waals surface area contributed by atoms with Crippen molar-refractivity contribution in [3.8, 4) is 0 Å². The van der Waals surface area contributed by atoms with E-state index in [1.165, 1.54) is 6.92 Å². The highest BCUT2D eigenvalue weighted by Gasteiger charge is 2.17. The lowest BCUT2D eigenvalue weighted by Gasteiger charge is -2.13. The van der Waals surface area contributed by atoms with Crippen LogP contribution in [0.1, 0.15) is 18.9 Å². The van der Waals surface area contributed by atoms with Crippen LogP contribution in [0.15, 0.2) is 12.1 Å². The van der Waals surface area contributed by atoms with E-state index in [4.69, 9.17) is 10.8 Å². The Morgan fingerprint density at radius 1 is 1.32 bits per heavy atom. The predicted molar refractivity (Wildman–Crippen MR) is 60.4 cm³/mol. The molecule has 0 aliphatic rings. The Morgan fingerprint density at radius 2 is 1.89 bits per heavy atom. The van der Waals surface area contributed by atoms with Crippen molar-refractivity contribution in [2.75, 3.05) is 0 Å². The van der Waals surface area contributed by atoms with Gasteiger partial charge in [0.1, 0.15) is 5.82 Å². The average Bonchev–Trinajstić information content (AvgIpc) is 2.24. The third-order valence-corrected chi connectivity index (χ3v) is 2.30. The zero-order chi connectivity index (χ0) is 14.6. The predicted octanol–water partition coefficient (Wildman–Crippen LogP) is 1.25. The van der Waals surface area contributed by atoms with Crippen LogP contribution in [0.3, 0.4) is 0 Å². The summed E-state index contributed by atoms with van der Waals surface area (Å²) >= 11 is 0. The van der Waals surface area contributed by atoms with Crippen molar-refractivity contribution in [3.05, 3.63) is 35.1 Å². The van der Waals surface area contributed by atoms with Crippen LogP contribution in [-0.2, 0) is 16.0 Å². The largest absolute Gasteiger partial charge is 0.436 e. The molecule has 0 heterocycles. The molecule has 0 bridgehead atoms. The molecule has 0 saturated carbocycles. The molecule has 0 aliphatic heterocycles. The van der Waals surface area contributed by atoms with Gasteiger partial charge in [0.15, 0.2) is 17.9 Å². The van der Waals surface area contributed by atoms with Gasteiger partial charge in [-0.3, -0.25) is 4.79 Å². The number of rotatable bonds is 5. The molecule has 0 spiro atoms. The topological polar surface area (TPSA) is 72.5 Å². The summed E-state index contributed by atoms with van der Waals surface area (Å²) in [6, 6.07) is 0.293. The average molecular weight is 277 g/mol. The second-order valence-corrected chi connectivity index (χ2v) is 4.12. The quantitative estimate of drug-likeness (QED) is 0.482. The maximum absolute atomic E-state index is 13.3. The molecule has 0 aromatic heterocycles. The number of aliphatic hydroxyl groups is 1. The van der Waals surface area contributed by atoms with Crippen molar-refractivity contribution in [1.82, 2.24) is 0 Å². The number of esters is 1. The third-order valence-electron chi connectivity index (χ3n) is 2.30. The van der Waals surface area contributed by atoms with Crippen molar-refractivity contribution in [2.45, 2.75) is 32.1 Å². The van der Waals surface area contributed by atoms with Crippen molar-refractivity contribution in [2.24, 2.45) is 5.73 Å². The van der Waals surface area contributed by atoms with Gasteiger partial charge >= 0.3 is 5.97 Å². The molecule has 0 fully saturated rings. The summed E-state index contributed by atoms with van der Waals surface area (Å²) in [4.78, 5) is 11.2. The van der Waals surface area contributed by atoms with Crippen molar-refractivity contribution in [3.63, 3.8) is 0 Å². The highest BCUT2D eigenvalue weighted by Crippen LogP contribution is 2.15. The fourth-order valence-electron chi connectivity index (χ4n) is 1.53. The van der Waals surface area contributed by atoms with Crippen LogP contribution in [0.5, 0.6) is 0 Å². The molecule has 0 radical (unpaired) electrons. The number of halogens is 3. The minimum absolute atomic E-state index is 0.128. The highest BCUT2D eigenvalue weighted by atomic mass is 19.2. The van der Waals surface area contributed by atoms with Crippen LogP contribution >= 0.6 is 0 Å². The van der Waals surface area contributed by atoms with Crippen molar-refractivity contribution < 1.29 is 27.8 Å². The first-order valence-electron chi connectivity index (χ1n) is 5.56. The first-order valence-corrected chi connectivity index (χ1v) is 5.56. The van der Waals surface area contributed by atoms with E-state index in [0.717, 1.165) is 0 Å². The van der Waals surface area contributed by atoms with Gasteiger partial charge in [-0.2, -0.15) is 0 Å². The van der Waals surface area contributed by atoms with E-state index in [-0.39, 0.29) is 18.4 Å². The van der Waals surface area contributed by atoms with E-state index in [9.17, 15) is 18.0 Å². The normalized spacial score (nSPS) is 14.0. The van der Waals surface area contributed by atoms with Crippen molar-refractivity contribution >= 4 is 5.97 Å². The lowest BCUT2D eigenvalue weighted by atomic mass is 10.0. The number of nitrogens with two attached hydrogens (primary N) is 1. The minimum atomic E-state index is -1.29. The molecule has 106 valence electrons. The summed E-state index contributed by atoms with van der Waals surface area (Å²) in [7, 11) is 0. The molecule has 0 saturated heterocycles. The molecule has 1 aromatic carbocycles. The van der Waals surface area contributed by atoms with Gasteiger partial charge in [-0.05, 0) is 25.0 Å². The fourth-order valence-corrected chi connectivity index (χ4v) is 1.53. The summed E-state index contributed by atoms with van der Waals surface area (Å²) in [5, 5.41) is 8.80. The monoisotopic (exact) mass is 277 g/mol. The molecule has 2 unspecified atom stereocenters. The van der Waals surface area contributed by atoms with Crippen LogP contribution < -0.4 is 5.73 Å². The molecule has 2 atom stereocenters. The maximum atomic E-state index is 13.3. The van der Waals surface area contributed by atoms with Gasteiger partial charge in [0.25, 0.3) is 0 Å². The van der Waals surface area contributed by atoms with Crippen LogP contribution in [0.25, 0.3) is 0 Å². The lowest BCUT2D eigenvalue weighted by Crippen LogP contribution is -2.29. The number of ether oxygens (including phenoxy) is 1. The van der Waals surface area contributed by atoms with Gasteiger partial charge < -0.3 is 15.6 Å². The van der Waals surface area contributed by atoms with Crippen LogP contribution in [0, 0.1) is 17.5 Å². The standard InChI is InChI=1S/C12H14F3NO3/c1-6(17)19-12(18)4-8(16)2-7-3-10(14)11(15)5-9(7)13/h3,5-6,8,17H,2,4,16H2,1H3. The van der Waals surface area contributed by atoms with Gasteiger partial charge in [-0.15, -0.1) is 0 Å². The maximum Gasteiger partial charge on any atom is 0.309 e. The van der Waals surface area contributed by atoms with Gasteiger partial charge in [0.2, 0.25) is 0 Å². The highest BCUT2D eigenvalue weighted by molar-refractivity contribution is 5.70. The Bertz CT molecular complexity index is 466. The smallest absolute Gasteiger partial charge is 0.309 e. The molecule has 0 aliphatic carbocycles. The van der Waals surface area contributed by atoms with Crippen LogP contribution in [-0.4, -0.2) is 23.4 Å². The molecule has 3 N–H and O–H groups in total. The summed E-state index contributed by atoms with van der Waals surface area (Å²) < 4.78 is 43.4. The van der Waals surface area contributed by atoms with E-state index in [1.807, 2.05) is 0 Å². The van der Waals surface area contributed by atoms with E-state index in [1.54, 1.807) is 0 Å². The minimum Gasteiger partial charge on any atom is -0.436 e. The van der Waals surface area contributed by atoms with E-state index in [0.29, 0.717) is 12.1 Å². The molecule has 1 rings (SSSR count). The Hall–Kier alpha value is -1.60. The van der Waals surface area contributed by atoms with Gasteiger partial charge in [-0.25, -0.2) is 13.2 Å². The van der Waals surface area contributed by atoms with E-state index in [2.05, 4.69) is 4.74 Å². The fraction of sp³-hybridized carbons (Fsp3) is 0.417. The number of carbonyl (C=O) groups is 1. The Labute approximate surface area is 108 Å². The summed E-state index contributed by atoms with van der Waals surface area (Å²) in [6.45, 7) is 1.25. The zero-order valence-corrected chi connectivity index (χ0v) is 10.2. The Morgan fingerprint density at radius 3 is 2.47 bits per heavy atom. The SMILES string of the molecule is CC(O)OC(=O)CC(N)Cc1cc(F)c(F)cc1F. The first kappa shape index (κ1) is 15.5. The molecule has 7 heteroatoms. The third kappa shape index (κ3) is 4.88. The Kier molecular flexibility index (Phi) is 5.31. The zero-order valence-electron chi connectivity index (χ0n) is 10.2. The summed E-state index contributed by atoms with van der Waals surface area (Å²) in [5.74, 6) is -4.16. The second kappa shape index (κ2) is 6.53. The van der Waals surface area contributed by atoms with Gasteiger partial charge in [0.05, 0.1) is 6.42 Å². The number of carbonyl (C=O) groups excluding carboxylic acids is 1. The lowest BCUT2D eigenvalue weighted by molar-refractivity contribution is -0.165. The number of hydrogen-bond acceptors (Lipinski definition) is 4. The molecule has 0 amide bonds. The van der Waals surface area contributed by atoms with Crippen LogP contribution in [0.2, 0.25) is 0 Å². The molecule has 1 aromatic rings. The molecule has 4 nitrogen and oxygen atoms in total. The van der Waals surface area contributed by atoms with Gasteiger partial charge in [-0.1, -0.05) is 0 Å². The molecular formula is C12H14F3NO3. The Balaban J connectivity index is 2.64. The summed E-state index contributed by atoms with van der Waals surface area (Å²) in [5.41, 5.74) is 5.45. The second-order valence-electron chi connectivity index (χ2n) is 4.12. The van der Waals surface area contributed by atoms with Gasteiger partial charge in [0, 0.05) is 12.1 Å². The number of aliphatic hydroxyl groups excluding tert-OH is 1. The van der Waals surface area contributed by atoms with E-state index < -0.39 is 35.8 Å². The molecular weight excluding hydrogens is 263 g/mol. The number of benzene rings is 1. The summed E-state index contributed by atoms with van der Waals surface area (Å²) in [6.07, 6.45) is -1.69. The number of hydrogen-bond donors (Lipinski definition) is 2. The molecule has 19 heavy (non-hydrogen) atoms. The van der Waals surface area contributed by atoms with Crippen molar-refractivity contribution in [1.29, 1.82) is 0 Å². The first-order chi connectivity index (χ1) is 8.79. The van der Waals surface area contributed by atoms with E-state index >= 15 is 0 Å².